The van der Waals surface area contributed by atoms with Crippen molar-refractivity contribution in [3.05, 3.63) is 23.8 Å². The Morgan fingerprint density at radius 1 is 1.38 bits per heavy atom. The number of fused-ring (bicyclic) bond motifs is 1. The van der Waals surface area contributed by atoms with Gasteiger partial charge in [-0.05, 0) is 43.4 Å². The summed E-state index contributed by atoms with van der Waals surface area (Å²) in [5.41, 5.74) is 7.11. The van der Waals surface area contributed by atoms with Crippen molar-refractivity contribution in [3.63, 3.8) is 0 Å². The first-order chi connectivity index (χ1) is 10.2. The summed E-state index contributed by atoms with van der Waals surface area (Å²) in [6.45, 7) is 3.53. The fraction of sp³-hybridized carbons (Fsp3) is 0.562. The molecule has 114 valence electrons. The Kier molecular flexibility index (Phi) is 4.01. The quantitative estimate of drug-likeness (QED) is 0.869. The second-order valence-electron chi connectivity index (χ2n) is 5.80. The summed E-state index contributed by atoms with van der Waals surface area (Å²) in [5, 5.41) is 0. The lowest BCUT2D eigenvalue weighted by molar-refractivity contribution is -0.132. The molecule has 3 rings (SSSR count). The van der Waals surface area contributed by atoms with E-state index in [0.717, 1.165) is 17.1 Å². The number of ether oxygens (including phenoxy) is 2. The van der Waals surface area contributed by atoms with Crippen LogP contribution in [0.5, 0.6) is 11.5 Å². The van der Waals surface area contributed by atoms with Crippen LogP contribution in [0.15, 0.2) is 18.2 Å². The summed E-state index contributed by atoms with van der Waals surface area (Å²) < 4.78 is 10.7. The van der Waals surface area contributed by atoms with Gasteiger partial charge in [-0.2, -0.15) is 0 Å². The van der Waals surface area contributed by atoms with Crippen molar-refractivity contribution in [2.24, 2.45) is 11.7 Å². The number of benzene rings is 1. The van der Waals surface area contributed by atoms with Crippen molar-refractivity contribution in [1.29, 1.82) is 0 Å². The SMILES string of the molecule is CCN(Cc1ccc2c(c1)OCO2)C(=O)CC(N)C1CC1. The van der Waals surface area contributed by atoms with Crippen LogP contribution in [-0.2, 0) is 11.3 Å². The molecule has 0 bridgehead atoms. The van der Waals surface area contributed by atoms with Crippen LogP contribution < -0.4 is 15.2 Å². The van der Waals surface area contributed by atoms with Gasteiger partial charge in [0.15, 0.2) is 11.5 Å². The van der Waals surface area contributed by atoms with Gasteiger partial charge in [-0.3, -0.25) is 4.79 Å². The smallest absolute Gasteiger partial charge is 0.231 e. The summed E-state index contributed by atoms with van der Waals surface area (Å²) >= 11 is 0. The zero-order valence-corrected chi connectivity index (χ0v) is 12.4. The lowest BCUT2D eigenvalue weighted by Gasteiger charge is -2.23. The molecule has 2 aliphatic rings. The molecule has 5 heteroatoms. The van der Waals surface area contributed by atoms with Crippen molar-refractivity contribution in [2.45, 2.75) is 38.8 Å². The molecule has 1 saturated carbocycles. The van der Waals surface area contributed by atoms with Crippen molar-refractivity contribution >= 4 is 5.91 Å². The molecule has 5 nitrogen and oxygen atoms in total. The molecule has 0 radical (unpaired) electrons. The van der Waals surface area contributed by atoms with E-state index >= 15 is 0 Å². The van der Waals surface area contributed by atoms with Crippen molar-refractivity contribution in [2.75, 3.05) is 13.3 Å². The molecule has 2 N–H and O–H groups in total. The molecule has 1 unspecified atom stereocenters. The topological polar surface area (TPSA) is 64.8 Å². The Morgan fingerprint density at radius 3 is 2.86 bits per heavy atom. The highest BCUT2D eigenvalue weighted by Crippen LogP contribution is 2.34. The molecule has 1 heterocycles. The highest BCUT2D eigenvalue weighted by molar-refractivity contribution is 5.77. The Labute approximate surface area is 125 Å². The summed E-state index contributed by atoms with van der Waals surface area (Å²) in [4.78, 5) is 14.2. The van der Waals surface area contributed by atoms with Crippen LogP contribution in [0.4, 0.5) is 0 Å². The second-order valence-corrected chi connectivity index (χ2v) is 5.80. The van der Waals surface area contributed by atoms with E-state index in [4.69, 9.17) is 15.2 Å². The van der Waals surface area contributed by atoms with Crippen LogP contribution in [0.1, 0.15) is 31.7 Å². The van der Waals surface area contributed by atoms with E-state index < -0.39 is 0 Å². The standard InChI is InChI=1S/C16H22N2O3/c1-2-18(16(19)8-13(17)12-4-5-12)9-11-3-6-14-15(7-11)21-10-20-14/h3,6-7,12-13H,2,4-5,8-10,17H2,1H3. The molecule has 0 aromatic heterocycles. The number of nitrogens with zero attached hydrogens (tertiary/aromatic N) is 1. The van der Waals surface area contributed by atoms with Gasteiger partial charge in [0.1, 0.15) is 0 Å². The second kappa shape index (κ2) is 5.93. The third-order valence-corrected chi connectivity index (χ3v) is 4.18. The number of hydrogen-bond donors (Lipinski definition) is 1. The maximum absolute atomic E-state index is 12.3. The Morgan fingerprint density at radius 2 is 2.14 bits per heavy atom. The fourth-order valence-electron chi connectivity index (χ4n) is 2.66. The Bertz CT molecular complexity index is 528. The predicted octanol–water partition coefficient (Wildman–Crippen LogP) is 1.89. The van der Waals surface area contributed by atoms with E-state index in [1.807, 2.05) is 30.0 Å². The Balaban J connectivity index is 1.61. The normalized spacial score (nSPS) is 17.6. The van der Waals surface area contributed by atoms with Crippen molar-refractivity contribution in [3.8, 4) is 11.5 Å². The van der Waals surface area contributed by atoms with Gasteiger partial charge in [-0.1, -0.05) is 6.07 Å². The molecule has 1 atom stereocenters. The first kappa shape index (κ1) is 14.2. The minimum atomic E-state index is 0.0169. The van der Waals surface area contributed by atoms with Gasteiger partial charge in [-0.15, -0.1) is 0 Å². The summed E-state index contributed by atoms with van der Waals surface area (Å²) in [5.74, 6) is 2.21. The Hall–Kier alpha value is -1.75. The highest BCUT2D eigenvalue weighted by Gasteiger charge is 2.30. The summed E-state index contributed by atoms with van der Waals surface area (Å²) in [6, 6.07) is 5.83. The van der Waals surface area contributed by atoms with Gasteiger partial charge >= 0.3 is 0 Å². The van der Waals surface area contributed by atoms with E-state index in [1.54, 1.807) is 0 Å². The fourth-order valence-corrected chi connectivity index (χ4v) is 2.66. The highest BCUT2D eigenvalue weighted by atomic mass is 16.7. The predicted molar refractivity (Wildman–Crippen MR) is 79.0 cm³/mol. The number of nitrogens with two attached hydrogens (primary N) is 1. The summed E-state index contributed by atoms with van der Waals surface area (Å²) in [7, 11) is 0. The monoisotopic (exact) mass is 290 g/mol. The van der Waals surface area contributed by atoms with Gasteiger partial charge in [0.25, 0.3) is 0 Å². The van der Waals surface area contributed by atoms with Crippen LogP contribution in [0.25, 0.3) is 0 Å². The number of amides is 1. The summed E-state index contributed by atoms with van der Waals surface area (Å²) in [6.07, 6.45) is 2.79. The van der Waals surface area contributed by atoms with E-state index in [9.17, 15) is 4.79 Å². The van der Waals surface area contributed by atoms with Gasteiger partial charge < -0.3 is 20.1 Å². The third kappa shape index (κ3) is 3.29. The van der Waals surface area contributed by atoms with Crippen LogP contribution in [-0.4, -0.2) is 30.2 Å². The molecule has 0 spiro atoms. The molecule has 1 amide bonds. The van der Waals surface area contributed by atoms with Crippen molar-refractivity contribution < 1.29 is 14.3 Å². The number of carbonyl (C=O) groups is 1. The maximum atomic E-state index is 12.3. The minimum Gasteiger partial charge on any atom is -0.454 e. The number of rotatable bonds is 6. The van der Waals surface area contributed by atoms with E-state index in [2.05, 4.69) is 0 Å². The van der Waals surface area contributed by atoms with Crippen LogP contribution in [0, 0.1) is 5.92 Å². The minimum absolute atomic E-state index is 0.0169. The van der Waals surface area contributed by atoms with Crippen molar-refractivity contribution in [1.82, 2.24) is 4.90 Å². The lowest BCUT2D eigenvalue weighted by atomic mass is 10.1. The largest absolute Gasteiger partial charge is 0.454 e. The van der Waals surface area contributed by atoms with Crippen LogP contribution in [0.3, 0.4) is 0 Å². The first-order valence-corrected chi connectivity index (χ1v) is 7.59. The molecule has 1 aliphatic heterocycles. The maximum Gasteiger partial charge on any atom is 0.231 e. The molecule has 21 heavy (non-hydrogen) atoms. The molecule has 1 aromatic carbocycles. The zero-order chi connectivity index (χ0) is 14.8. The third-order valence-electron chi connectivity index (χ3n) is 4.18. The molecular weight excluding hydrogens is 268 g/mol. The van der Waals surface area contributed by atoms with Gasteiger partial charge in [-0.25, -0.2) is 0 Å². The van der Waals surface area contributed by atoms with E-state index in [1.165, 1.54) is 12.8 Å². The molecule has 1 aromatic rings. The van der Waals surface area contributed by atoms with Gasteiger partial charge in [0.2, 0.25) is 12.7 Å². The molecular formula is C16H22N2O3. The van der Waals surface area contributed by atoms with Crippen LogP contribution in [0.2, 0.25) is 0 Å². The zero-order valence-electron chi connectivity index (χ0n) is 12.4. The van der Waals surface area contributed by atoms with E-state index in [-0.39, 0.29) is 18.7 Å². The van der Waals surface area contributed by atoms with Gasteiger partial charge in [0, 0.05) is 25.6 Å². The number of hydrogen-bond acceptors (Lipinski definition) is 4. The lowest BCUT2D eigenvalue weighted by Crippen LogP contribution is -2.36. The van der Waals surface area contributed by atoms with E-state index in [0.29, 0.717) is 25.4 Å². The van der Waals surface area contributed by atoms with Gasteiger partial charge in [0.05, 0.1) is 0 Å². The molecule has 1 fully saturated rings. The average molecular weight is 290 g/mol. The first-order valence-electron chi connectivity index (χ1n) is 7.59. The number of carbonyl (C=O) groups excluding carboxylic acids is 1. The average Bonchev–Trinajstić information content (AvgIpc) is 3.23. The van der Waals surface area contributed by atoms with Crippen LogP contribution >= 0.6 is 0 Å². The molecule has 0 saturated heterocycles. The molecule has 1 aliphatic carbocycles.